The number of carboxylic acids is 1. The molecule has 1 aromatic carbocycles. The summed E-state index contributed by atoms with van der Waals surface area (Å²) in [6.07, 6.45) is 1.63. The summed E-state index contributed by atoms with van der Waals surface area (Å²) in [5, 5.41) is 9.68. The van der Waals surface area contributed by atoms with E-state index in [-0.39, 0.29) is 0 Å². The lowest BCUT2D eigenvalue weighted by atomic mass is 10.1. The van der Waals surface area contributed by atoms with Crippen molar-refractivity contribution in [2.45, 2.75) is 6.04 Å². The minimum atomic E-state index is -1.04. The van der Waals surface area contributed by atoms with E-state index >= 15 is 0 Å². The number of hydrogen-bond donors (Lipinski definition) is 3. The van der Waals surface area contributed by atoms with Crippen LogP contribution in [0.25, 0.3) is 10.9 Å². The largest absolute Gasteiger partial charge is 0.480 e. The molecule has 0 fully saturated rings. The molecular formula is C10H9BrN2O2. The second kappa shape index (κ2) is 3.67. The Hall–Kier alpha value is -1.33. The number of hydrogen-bond acceptors (Lipinski definition) is 2. The number of aromatic amines is 1. The third kappa shape index (κ3) is 1.64. The van der Waals surface area contributed by atoms with Gasteiger partial charge in [-0.25, -0.2) is 0 Å². The van der Waals surface area contributed by atoms with Crippen LogP contribution in [0.1, 0.15) is 11.6 Å². The van der Waals surface area contributed by atoms with Crippen molar-refractivity contribution in [3.63, 3.8) is 0 Å². The molecule has 0 bridgehead atoms. The average molecular weight is 269 g/mol. The molecule has 1 atom stereocenters. The predicted molar refractivity (Wildman–Crippen MR) is 60.6 cm³/mol. The van der Waals surface area contributed by atoms with Crippen molar-refractivity contribution in [2.24, 2.45) is 5.73 Å². The summed E-state index contributed by atoms with van der Waals surface area (Å²) < 4.78 is 0.841. The number of H-pyrrole nitrogens is 1. The van der Waals surface area contributed by atoms with Crippen molar-refractivity contribution in [1.29, 1.82) is 0 Å². The molecule has 4 N–H and O–H groups in total. The Bertz CT molecular complexity index is 521. The van der Waals surface area contributed by atoms with Crippen molar-refractivity contribution >= 4 is 32.8 Å². The van der Waals surface area contributed by atoms with Gasteiger partial charge in [0.2, 0.25) is 0 Å². The number of aliphatic carboxylic acids is 1. The van der Waals surface area contributed by atoms with E-state index in [1.807, 2.05) is 18.2 Å². The third-order valence-corrected chi connectivity index (χ3v) is 2.95. The first-order valence-corrected chi connectivity index (χ1v) is 5.14. The second-order valence-corrected chi connectivity index (χ2v) is 4.08. The fourth-order valence-corrected chi connectivity index (χ4v) is 2.14. The Kier molecular flexibility index (Phi) is 2.50. The van der Waals surface area contributed by atoms with Gasteiger partial charge in [-0.3, -0.25) is 4.79 Å². The highest BCUT2D eigenvalue weighted by molar-refractivity contribution is 9.10. The van der Waals surface area contributed by atoms with Gasteiger partial charge in [0.25, 0.3) is 0 Å². The molecule has 78 valence electrons. The van der Waals surface area contributed by atoms with Crippen LogP contribution in [0.4, 0.5) is 0 Å². The van der Waals surface area contributed by atoms with Crippen molar-refractivity contribution in [1.82, 2.24) is 4.98 Å². The molecular weight excluding hydrogens is 260 g/mol. The number of benzene rings is 1. The van der Waals surface area contributed by atoms with Crippen LogP contribution < -0.4 is 5.73 Å². The van der Waals surface area contributed by atoms with Gasteiger partial charge in [-0.1, -0.05) is 22.0 Å². The monoisotopic (exact) mass is 268 g/mol. The summed E-state index contributed by atoms with van der Waals surface area (Å²) in [5.41, 5.74) is 7.04. The molecule has 0 amide bonds. The molecule has 1 unspecified atom stereocenters. The van der Waals surface area contributed by atoms with Gasteiger partial charge >= 0.3 is 5.97 Å². The Balaban J connectivity index is 2.67. The van der Waals surface area contributed by atoms with E-state index in [0.717, 1.165) is 15.4 Å². The highest BCUT2D eigenvalue weighted by Crippen LogP contribution is 2.29. The number of nitrogens with one attached hydrogen (secondary N) is 1. The normalized spacial score (nSPS) is 12.9. The number of carboxylic acid groups (broad SMARTS) is 1. The van der Waals surface area contributed by atoms with E-state index in [4.69, 9.17) is 10.8 Å². The molecule has 0 saturated heterocycles. The van der Waals surface area contributed by atoms with Gasteiger partial charge in [0.1, 0.15) is 6.04 Å². The van der Waals surface area contributed by atoms with Crippen molar-refractivity contribution in [3.8, 4) is 0 Å². The Morgan fingerprint density at radius 2 is 2.27 bits per heavy atom. The van der Waals surface area contributed by atoms with Crippen LogP contribution in [0, 0.1) is 0 Å². The van der Waals surface area contributed by atoms with Crippen LogP contribution in [0.15, 0.2) is 28.9 Å². The van der Waals surface area contributed by atoms with Crippen LogP contribution in [0.5, 0.6) is 0 Å². The minimum Gasteiger partial charge on any atom is -0.480 e. The molecule has 1 aromatic heterocycles. The van der Waals surface area contributed by atoms with E-state index in [1.54, 1.807) is 6.20 Å². The molecule has 15 heavy (non-hydrogen) atoms. The van der Waals surface area contributed by atoms with Gasteiger partial charge in [-0.05, 0) is 12.1 Å². The van der Waals surface area contributed by atoms with Gasteiger partial charge in [0.05, 0.1) is 0 Å². The molecule has 0 aliphatic carbocycles. The van der Waals surface area contributed by atoms with Gasteiger partial charge in [0, 0.05) is 27.1 Å². The van der Waals surface area contributed by atoms with Gasteiger partial charge in [0.15, 0.2) is 0 Å². The summed E-state index contributed by atoms with van der Waals surface area (Å²) in [7, 11) is 0. The van der Waals surface area contributed by atoms with Crippen molar-refractivity contribution < 1.29 is 9.90 Å². The fraction of sp³-hybridized carbons (Fsp3) is 0.100. The van der Waals surface area contributed by atoms with E-state index in [2.05, 4.69) is 20.9 Å². The lowest BCUT2D eigenvalue weighted by molar-refractivity contribution is -0.138. The summed E-state index contributed by atoms with van der Waals surface area (Å²) in [4.78, 5) is 13.8. The lowest BCUT2D eigenvalue weighted by Gasteiger charge is -2.05. The summed E-state index contributed by atoms with van der Waals surface area (Å²) in [5.74, 6) is -1.04. The molecule has 0 saturated carbocycles. The van der Waals surface area contributed by atoms with Gasteiger partial charge < -0.3 is 15.8 Å². The van der Waals surface area contributed by atoms with E-state index < -0.39 is 12.0 Å². The quantitative estimate of drug-likeness (QED) is 0.780. The van der Waals surface area contributed by atoms with E-state index in [1.165, 1.54) is 0 Å². The topological polar surface area (TPSA) is 79.1 Å². The number of fused-ring (bicyclic) bond motifs is 1. The number of halogens is 1. The highest BCUT2D eigenvalue weighted by Gasteiger charge is 2.19. The standard InChI is InChI=1S/C10H9BrN2O2/c11-6-2-1-3-7-8(6)5(4-13-7)9(12)10(14)15/h1-4,9,13H,12H2,(H,14,15). The second-order valence-electron chi connectivity index (χ2n) is 3.22. The molecule has 1 heterocycles. The molecule has 5 heteroatoms. The summed E-state index contributed by atoms with van der Waals surface area (Å²) in [6.45, 7) is 0. The number of aromatic nitrogens is 1. The van der Waals surface area contributed by atoms with Crippen molar-refractivity contribution in [3.05, 3.63) is 34.4 Å². The number of nitrogens with two attached hydrogens (primary N) is 1. The van der Waals surface area contributed by atoms with E-state index in [0.29, 0.717) is 5.56 Å². The molecule has 0 radical (unpaired) electrons. The van der Waals surface area contributed by atoms with Crippen LogP contribution in [0.3, 0.4) is 0 Å². The maximum absolute atomic E-state index is 10.8. The zero-order valence-electron chi connectivity index (χ0n) is 7.70. The molecule has 4 nitrogen and oxygen atoms in total. The Morgan fingerprint density at radius 1 is 1.53 bits per heavy atom. The van der Waals surface area contributed by atoms with Crippen molar-refractivity contribution in [2.75, 3.05) is 0 Å². The first kappa shape index (κ1) is 10.2. The Labute approximate surface area is 94.2 Å². The van der Waals surface area contributed by atoms with Crippen LogP contribution in [0.2, 0.25) is 0 Å². The maximum Gasteiger partial charge on any atom is 0.325 e. The molecule has 0 spiro atoms. The molecule has 0 aliphatic heterocycles. The first-order valence-electron chi connectivity index (χ1n) is 4.35. The smallest absolute Gasteiger partial charge is 0.325 e. The molecule has 2 rings (SSSR count). The molecule has 0 aliphatic rings. The summed E-state index contributed by atoms with van der Waals surface area (Å²) in [6, 6.07) is 4.60. The van der Waals surface area contributed by atoms with Crippen LogP contribution >= 0.6 is 15.9 Å². The van der Waals surface area contributed by atoms with Crippen LogP contribution in [-0.2, 0) is 4.79 Å². The fourth-order valence-electron chi connectivity index (χ4n) is 1.54. The first-order chi connectivity index (χ1) is 7.11. The van der Waals surface area contributed by atoms with E-state index in [9.17, 15) is 4.79 Å². The van der Waals surface area contributed by atoms with Gasteiger partial charge in [-0.2, -0.15) is 0 Å². The van der Waals surface area contributed by atoms with Gasteiger partial charge in [-0.15, -0.1) is 0 Å². The minimum absolute atomic E-state index is 0.588. The highest BCUT2D eigenvalue weighted by atomic mass is 79.9. The SMILES string of the molecule is NC(C(=O)O)c1c[nH]c2cccc(Br)c12. The predicted octanol–water partition coefficient (Wildman–Crippen LogP) is 2.01. The lowest BCUT2D eigenvalue weighted by Crippen LogP contribution is -2.20. The molecule has 2 aromatic rings. The summed E-state index contributed by atoms with van der Waals surface area (Å²) >= 11 is 3.38. The van der Waals surface area contributed by atoms with Crippen LogP contribution in [-0.4, -0.2) is 16.1 Å². The Morgan fingerprint density at radius 3 is 2.93 bits per heavy atom. The zero-order chi connectivity index (χ0) is 11.0. The number of carbonyl (C=O) groups is 1. The average Bonchev–Trinajstić information content (AvgIpc) is 2.61. The number of rotatable bonds is 2. The maximum atomic E-state index is 10.8. The third-order valence-electron chi connectivity index (χ3n) is 2.29. The zero-order valence-corrected chi connectivity index (χ0v) is 9.28.